The largest absolute Gasteiger partial charge is 0.394 e. The number of aliphatic hydroxyl groups is 2. The number of aliphatic hydroxyl groups excluding tert-OH is 2. The lowest BCUT2D eigenvalue weighted by atomic mass is 10.5. The molecule has 0 saturated carbocycles. The fourth-order valence-electron chi connectivity index (χ4n) is 1.71. The second-order valence-electron chi connectivity index (χ2n) is 9.31. The molecule has 0 aliphatic heterocycles. The van der Waals surface area contributed by atoms with E-state index < -0.39 is 0 Å². The third-order valence-corrected chi connectivity index (χ3v) is 3.57. The first-order valence-electron chi connectivity index (χ1n) is 14.7. The Labute approximate surface area is 265 Å². The number of nitrogens with one attached hydrogen (secondary N) is 2. The predicted octanol–water partition coefficient (Wildman–Crippen LogP) is 2.85. The van der Waals surface area contributed by atoms with Crippen molar-refractivity contribution in [3.63, 3.8) is 0 Å². The molecule has 0 radical (unpaired) electrons. The topological polar surface area (TPSA) is 111 Å². The highest BCUT2D eigenvalue weighted by molar-refractivity contribution is 4.43. The number of hydrogen-bond donors (Lipinski definition) is 4. The van der Waals surface area contributed by atoms with Crippen molar-refractivity contribution in [1.82, 2.24) is 25.3 Å². The Morgan fingerprint density at radius 3 is 0.786 bits per heavy atom. The second-order valence-corrected chi connectivity index (χ2v) is 9.31. The Morgan fingerprint density at radius 2 is 0.619 bits per heavy atom. The van der Waals surface area contributed by atoms with Crippen LogP contribution in [0.1, 0.15) is 54.9 Å². The van der Waals surface area contributed by atoms with Gasteiger partial charge in [0.05, 0.1) is 46.2 Å². The lowest BCUT2D eigenvalue weighted by Crippen LogP contribution is -2.22. The van der Waals surface area contributed by atoms with Crippen LogP contribution in [-0.2, 0) is 18.9 Å². The van der Waals surface area contributed by atoms with Crippen molar-refractivity contribution >= 4 is 0 Å². The third-order valence-electron chi connectivity index (χ3n) is 3.57. The van der Waals surface area contributed by atoms with Gasteiger partial charge in [-0.15, -0.1) is 0 Å². The molecule has 0 spiro atoms. The van der Waals surface area contributed by atoms with Crippen molar-refractivity contribution in [3.05, 3.63) is 0 Å². The highest BCUT2D eigenvalue weighted by Gasteiger charge is 1.92. The summed E-state index contributed by atoms with van der Waals surface area (Å²) in [5.41, 5.74) is 0. The van der Waals surface area contributed by atoms with Crippen LogP contribution in [0.3, 0.4) is 0 Å². The first kappa shape index (κ1) is 60.7. The Morgan fingerprint density at radius 1 is 0.429 bits per heavy atom. The molecule has 0 aromatic carbocycles. The SMILES string of the molecule is C.C.CCCOCCN(C)C.CCCOCCO.CCCOCCO.CN(C)CCOCCN(C)C.CNC.CNC. The maximum Gasteiger partial charge on any atom is 0.0697 e. The lowest BCUT2D eigenvalue weighted by Gasteiger charge is -2.12. The van der Waals surface area contributed by atoms with Crippen LogP contribution >= 0.6 is 0 Å². The van der Waals surface area contributed by atoms with Crippen molar-refractivity contribution in [2.24, 2.45) is 0 Å². The van der Waals surface area contributed by atoms with E-state index in [0.717, 1.165) is 78.5 Å². The van der Waals surface area contributed by atoms with Gasteiger partial charge in [0, 0.05) is 39.5 Å². The fourth-order valence-corrected chi connectivity index (χ4v) is 1.71. The van der Waals surface area contributed by atoms with Crippen molar-refractivity contribution in [2.45, 2.75) is 54.9 Å². The number of nitrogens with zero attached hydrogens (tertiary/aromatic N) is 3. The average Bonchev–Trinajstić information content (AvgIpc) is 2.89. The van der Waals surface area contributed by atoms with E-state index in [1.807, 2.05) is 42.0 Å². The number of ether oxygens (including phenoxy) is 4. The molecule has 0 amide bonds. The molecular weight excluding hydrogens is 538 g/mol. The Hall–Kier alpha value is -0.440. The van der Waals surface area contributed by atoms with Gasteiger partial charge in [-0.1, -0.05) is 35.6 Å². The summed E-state index contributed by atoms with van der Waals surface area (Å²) in [5, 5.41) is 21.8. The van der Waals surface area contributed by atoms with Gasteiger partial charge in [-0.2, -0.15) is 0 Å². The Bertz CT molecular complexity index is 317. The van der Waals surface area contributed by atoms with Crippen LogP contribution in [0.25, 0.3) is 0 Å². The summed E-state index contributed by atoms with van der Waals surface area (Å²) in [4.78, 5) is 6.36. The average molecular weight is 622 g/mol. The van der Waals surface area contributed by atoms with E-state index in [9.17, 15) is 0 Å². The highest BCUT2D eigenvalue weighted by Crippen LogP contribution is 1.81. The third kappa shape index (κ3) is 127. The highest BCUT2D eigenvalue weighted by atomic mass is 16.5. The van der Waals surface area contributed by atoms with Crippen LogP contribution < -0.4 is 10.6 Å². The quantitative estimate of drug-likeness (QED) is 0.160. The van der Waals surface area contributed by atoms with Crippen LogP contribution in [0.2, 0.25) is 0 Å². The molecule has 0 heterocycles. The van der Waals surface area contributed by atoms with E-state index in [-0.39, 0.29) is 28.1 Å². The number of rotatable bonds is 19. The van der Waals surface area contributed by atoms with E-state index in [1.165, 1.54) is 0 Å². The van der Waals surface area contributed by atoms with E-state index in [0.29, 0.717) is 13.2 Å². The van der Waals surface area contributed by atoms with E-state index >= 15 is 0 Å². The monoisotopic (exact) mass is 622 g/mol. The second kappa shape index (κ2) is 68.0. The molecule has 11 nitrogen and oxygen atoms in total. The molecule has 0 fully saturated rings. The number of hydrogen-bond acceptors (Lipinski definition) is 11. The molecule has 0 rings (SSSR count). The summed E-state index contributed by atoms with van der Waals surface area (Å²) in [7, 11) is 19.8. The minimum atomic E-state index is 0. The molecule has 0 unspecified atom stereocenters. The van der Waals surface area contributed by atoms with E-state index in [4.69, 9.17) is 29.2 Å². The Balaban J connectivity index is -0.0000000573. The Kier molecular flexibility index (Phi) is 98.2. The number of likely N-dealkylation sites (N-methyl/N-ethyl adjacent to an activating group) is 3. The van der Waals surface area contributed by atoms with Gasteiger partial charge in [0.25, 0.3) is 0 Å². The van der Waals surface area contributed by atoms with Gasteiger partial charge in [-0.25, -0.2) is 0 Å². The van der Waals surface area contributed by atoms with Crippen molar-refractivity contribution in [2.75, 3.05) is 156 Å². The first-order valence-corrected chi connectivity index (χ1v) is 14.7. The van der Waals surface area contributed by atoms with Gasteiger partial charge in [0.2, 0.25) is 0 Å². The van der Waals surface area contributed by atoms with Gasteiger partial charge in [0.1, 0.15) is 0 Å². The van der Waals surface area contributed by atoms with Crippen molar-refractivity contribution in [3.8, 4) is 0 Å². The molecule has 11 heteroatoms. The molecule has 0 saturated heterocycles. The van der Waals surface area contributed by atoms with E-state index in [1.54, 1.807) is 0 Å². The molecular formula is C31H83N5O6. The standard InChI is InChI=1S/C8H20N2O.C7H17NO.2C5H12O2.2C2H7N.2CH4/c1-9(2)5-7-11-8-6-10(3)4;1-4-6-9-7-5-8(2)3;2*1-2-4-7-5-3-6;2*1-3-2;;/h5-8H2,1-4H3;4-7H2,1-3H3;2*6H,2-5H2,1H3;2*3H,1-2H3;2*1H4. The molecule has 0 aromatic rings. The molecule has 268 valence electrons. The molecule has 0 aromatic heterocycles. The van der Waals surface area contributed by atoms with Gasteiger partial charge >= 0.3 is 0 Å². The maximum atomic E-state index is 8.17. The van der Waals surface area contributed by atoms with Crippen LogP contribution in [-0.4, -0.2) is 181 Å². The fraction of sp³-hybridized carbons (Fsp3) is 1.00. The predicted molar refractivity (Wildman–Crippen MR) is 187 cm³/mol. The zero-order valence-electron chi connectivity index (χ0n) is 29.2. The minimum Gasteiger partial charge on any atom is -0.394 e. The summed E-state index contributed by atoms with van der Waals surface area (Å²) in [6.45, 7) is 15.4. The van der Waals surface area contributed by atoms with Crippen molar-refractivity contribution in [1.29, 1.82) is 0 Å². The van der Waals surface area contributed by atoms with Crippen LogP contribution in [0.15, 0.2) is 0 Å². The van der Waals surface area contributed by atoms with Crippen molar-refractivity contribution < 1.29 is 29.2 Å². The summed E-state index contributed by atoms with van der Waals surface area (Å²) in [6.07, 6.45) is 3.17. The van der Waals surface area contributed by atoms with Gasteiger partial charge in [-0.3, -0.25) is 0 Å². The maximum absolute atomic E-state index is 8.17. The van der Waals surface area contributed by atoms with Gasteiger partial charge in [0.15, 0.2) is 0 Å². The smallest absolute Gasteiger partial charge is 0.0697 e. The molecule has 0 atom stereocenters. The van der Waals surface area contributed by atoms with Gasteiger partial charge < -0.3 is 54.5 Å². The van der Waals surface area contributed by atoms with Crippen LogP contribution in [0.4, 0.5) is 0 Å². The van der Waals surface area contributed by atoms with Crippen LogP contribution in [0.5, 0.6) is 0 Å². The molecule has 4 N–H and O–H groups in total. The summed E-state index contributed by atoms with van der Waals surface area (Å²) in [5.74, 6) is 0. The zero-order chi connectivity index (χ0) is 32.3. The lowest BCUT2D eigenvalue weighted by molar-refractivity contribution is 0.0928. The van der Waals surface area contributed by atoms with E-state index in [2.05, 4.69) is 74.5 Å². The minimum absolute atomic E-state index is 0. The van der Waals surface area contributed by atoms with Gasteiger partial charge in [-0.05, 0) is 89.7 Å². The molecule has 42 heavy (non-hydrogen) atoms. The molecule has 0 aliphatic rings. The molecule has 0 aliphatic carbocycles. The normalized spacial score (nSPS) is 9.29. The molecule has 0 bridgehead atoms. The summed E-state index contributed by atoms with van der Waals surface area (Å²) in [6, 6.07) is 0. The van der Waals surface area contributed by atoms with Crippen LogP contribution in [0, 0.1) is 0 Å². The summed E-state index contributed by atoms with van der Waals surface area (Å²) < 4.78 is 20.4. The first-order chi connectivity index (χ1) is 19.1. The zero-order valence-corrected chi connectivity index (χ0v) is 29.2. The summed E-state index contributed by atoms with van der Waals surface area (Å²) >= 11 is 0.